The summed E-state index contributed by atoms with van der Waals surface area (Å²) in [5.41, 5.74) is 3.73. The number of hydrogen-bond donors (Lipinski definition) is 0. The van der Waals surface area contributed by atoms with Gasteiger partial charge in [0.15, 0.2) is 0 Å². The van der Waals surface area contributed by atoms with Crippen LogP contribution in [0.25, 0.3) is 15.9 Å². The molecule has 2 aliphatic rings. The summed E-state index contributed by atoms with van der Waals surface area (Å²) in [4.78, 5) is 32.8. The number of fused-ring (bicyclic) bond motifs is 5. The van der Waals surface area contributed by atoms with Crippen LogP contribution in [0.15, 0.2) is 90.5 Å². The molecule has 6 heteroatoms. The van der Waals surface area contributed by atoms with Crippen molar-refractivity contribution < 1.29 is 14.3 Å². The van der Waals surface area contributed by atoms with Crippen LogP contribution >= 0.6 is 11.8 Å². The van der Waals surface area contributed by atoms with Gasteiger partial charge in [-0.05, 0) is 23.3 Å². The lowest BCUT2D eigenvalue weighted by Crippen LogP contribution is -2.32. The largest absolute Gasteiger partial charge is 0.466 e. The molecule has 156 valence electrons. The molecule has 3 heterocycles. The molecule has 0 saturated heterocycles. The Labute approximate surface area is 188 Å². The Kier molecular flexibility index (Phi) is 4.13. The molecule has 2 aliphatic heterocycles. The number of thioether (sulfide) groups is 1. The number of rotatable bonds is 3. The van der Waals surface area contributed by atoms with Crippen molar-refractivity contribution in [2.45, 2.75) is 4.75 Å². The number of aromatic nitrogens is 2. The number of ether oxygens (including phenoxy) is 1. The highest BCUT2D eigenvalue weighted by molar-refractivity contribution is 8.09. The van der Waals surface area contributed by atoms with Crippen LogP contribution in [-0.4, -0.2) is 28.5 Å². The van der Waals surface area contributed by atoms with Gasteiger partial charge in [0.1, 0.15) is 10.6 Å². The number of benzene rings is 3. The SMILES string of the molecule is COC(=O)C1=C(c2ccccc2)S[C@]2(c3ccccc3)c3nc4ccccc4n3C(=O)[C@@H]12. The predicted octanol–water partition coefficient (Wildman–Crippen LogP) is 4.88. The molecule has 0 amide bonds. The van der Waals surface area contributed by atoms with E-state index in [1.54, 1.807) is 4.57 Å². The van der Waals surface area contributed by atoms with Crippen molar-refractivity contribution in [1.82, 2.24) is 9.55 Å². The lowest BCUT2D eigenvalue weighted by atomic mass is 9.81. The molecule has 0 N–H and O–H groups in total. The zero-order chi connectivity index (χ0) is 21.9. The van der Waals surface area contributed by atoms with Crippen LogP contribution in [0, 0.1) is 5.92 Å². The maximum Gasteiger partial charge on any atom is 0.335 e. The lowest BCUT2D eigenvalue weighted by molar-refractivity contribution is -0.136. The van der Waals surface area contributed by atoms with Crippen molar-refractivity contribution >= 4 is 39.6 Å². The van der Waals surface area contributed by atoms with Crippen LogP contribution in [0.4, 0.5) is 0 Å². The standard InChI is InChI=1S/C26H18N2O3S/c1-31-24(30)20-21-23(29)28-19-15-9-8-14-18(19)27-25(28)26(21,17-12-6-3-7-13-17)32-22(20)16-10-4-2-5-11-16/h2-15,21H,1H3/t21-,26+/m1/s1. The lowest BCUT2D eigenvalue weighted by Gasteiger charge is -2.27. The van der Waals surface area contributed by atoms with Gasteiger partial charge in [-0.3, -0.25) is 9.36 Å². The molecule has 1 aromatic heterocycles. The summed E-state index contributed by atoms with van der Waals surface area (Å²) in [7, 11) is 1.36. The predicted molar refractivity (Wildman–Crippen MR) is 124 cm³/mol. The Morgan fingerprint density at radius 3 is 2.34 bits per heavy atom. The topological polar surface area (TPSA) is 61.2 Å². The average Bonchev–Trinajstić information content (AvgIpc) is 3.48. The number of carbonyl (C=O) groups is 2. The highest BCUT2D eigenvalue weighted by atomic mass is 32.2. The van der Waals surface area contributed by atoms with Gasteiger partial charge in [-0.25, -0.2) is 9.78 Å². The molecule has 0 spiro atoms. The molecule has 2 atom stereocenters. The molecule has 3 aromatic carbocycles. The second kappa shape index (κ2) is 6.93. The van der Waals surface area contributed by atoms with Crippen LogP contribution in [0.5, 0.6) is 0 Å². The number of para-hydroxylation sites is 2. The smallest absolute Gasteiger partial charge is 0.335 e. The van der Waals surface area contributed by atoms with Crippen molar-refractivity contribution in [1.29, 1.82) is 0 Å². The first-order valence-electron chi connectivity index (χ1n) is 10.3. The summed E-state index contributed by atoms with van der Waals surface area (Å²) >= 11 is 1.52. The van der Waals surface area contributed by atoms with Gasteiger partial charge in [0.2, 0.25) is 5.91 Å². The maximum atomic E-state index is 14.0. The van der Waals surface area contributed by atoms with E-state index >= 15 is 0 Å². The van der Waals surface area contributed by atoms with Gasteiger partial charge in [0.25, 0.3) is 0 Å². The van der Waals surface area contributed by atoms with Crippen molar-refractivity contribution in [3.05, 3.63) is 107 Å². The minimum Gasteiger partial charge on any atom is -0.466 e. The second-order valence-corrected chi connectivity index (χ2v) is 9.09. The van der Waals surface area contributed by atoms with Gasteiger partial charge < -0.3 is 4.74 Å². The first kappa shape index (κ1) is 19.1. The van der Waals surface area contributed by atoms with E-state index in [-0.39, 0.29) is 5.91 Å². The number of carbonyl (C=O) groups excluding carboxylic acids is 2. The van der Waals surface area contributed by atoms with E-state index in [4.69, 9.17) is 9.72 Å². The van der Waals surface area contributed by atoms with Gasteiger partial charge in [-0.1, -0.05) is 72.8 Å². The second-order valence-electron chi connectivity index (χ2n) is 7.83. The van der Waals surface area contributed by atoms with E-state index in [0.29, 0.717) is 11.4 Å². The average molecular weight is 439 g/mol. The molecule has 0 unspecified atom stereocenters. The molecule has 32 heavy (non-hydrogen) atoms. The summed E-state index contributed by atoms with van der Waals surface area (Å²) in [6.45, 7) is 0. The summed E-state index contributed by atoms with van der Waals surface area (Å²) in [5.74, 6) is -0.721. The van der Waals surface area contributed by atoms with Crippen LogP contribution in [0.2, 0.25) is 0 Å². The Balaban J connectivity index is 1.69. The summed E-state index contributed by atoms with van der Waals surface area (Å²) in [6, 6.07) is 27.2. The first-order valence-corrected chi connectivity index (χ1v) is 11.1. The minimum absolute atomic E-state index is 0.156. The van der Waals surface area contributed by atoms with E-state index < -0.39 is 16.6 Å². The minimum atomic E-state index is -0.855. The monoisotopic (exact) mass is 438 g/mol. The Morgan fingerprint density at radius 2 is 1.62 bits per heavy atom. The highest BCUT2D eigenvalue weighted by Gasteiger charge is 2.64. The number of imidazole rings is 1. The molecule has 0 radical (unpaired) electrons. The zero-order valence-electron chi connectivity index (χ0n) is 17.2. The molecular formula is C26H18N2O3S. The normalized spacial score (nSPS) is 21.7. The molecule has 5 nitrogen and oxygen atoms in total. The highest BCUT2D eigenvalue weighted by Crippen LogP contribution is 2.65. The fraction of sp³-hybridized carbons (Fsp3) is 0.115. The van der Waals surface area contributed by atoms with Gasteiger partial charge in [-0.15, -0.1) is 11.8 Å². The van der Waals surface area contributed by atoms with Gasteiger partial charge >= 0.3 is 5.97 Å². The Hall–Kier alpha value is -3.64. The molecule has 6 rings (SSSR count). The van der Waals surface area contributed by atoms with Crippen molar-refractivity contribution in [2.24, 2.45) is 5.92 Å². The van der Waals surface area contributed by atoms with Crippen molar-refractivity contribution in [3.63, 3.8) is 0 Å². The fourth-order valence-corrected chi connectivity index (χ4v) is 6.58. The third-order valence-electron chi connectivity index (χ3n) is 6.21. The number of hydrogen-bond acceptors (Lipinski definition) is 5. The van der Waals surface area contributed by atoms with Gasteiger partial charge in [-0.2, -0.15) is 0 Å². The van der Waals surface area contributed by atoms with Gasteiger partial charge in [0.05, 0.1) is 29.6 Å². The fourth-order valence-electron chi connectivity index (χ4n) is 4.87. The van der Waals surface area contributed by atoms with Gasteiger partial charge in [0, 0.05) is 4.91 Å². The molecule has 0 saturated carbocycles. The van der Waals surface area contributed by atoms with Crippen molar-refractivity contribution in [2.75, 3.05) is 7.11 Å². The Morgan fingerprint density at radius 1 is 0.969 bits per heavy atom. The van der Waals surface area contributed by atoms with Crippen molar-refractivity contribution in [3.8, 4) is 0 Å². The van der Waals surface area contributed by atoms with E-state index in [9.17, 15) is 9.59 Å². The molecule has 4 aromatic rings. The van der Waals surface area contributed by atoms with E-state index in [1.807, 2.05) is 84.9 Å². The number of esters is 1. The van der Waals surface area contributed by atoms with Crippen LogP contribution in [-0.2, 0) is 14.3 Å². The maximum absolute atomic E-state index is 14.0. The number of nitrogens with zero attached hydrogens (tertiary/aromatic N) is 2. The van der Waals surface area contributed by atoms with Crippen LogP contribution in [0.3, 0.4) is 0 Å². The third-order valence-corrected chi connectivity index (χ3v) is 7.84. The number of methoxy groups -OCH3 is 1. The van der Waals surface area contributed by atoms with E-state index in [1.165, 1.54) is 18.9 Å². The molecule has 0 aliphatic carbocycles. The Bertz CT molecular complexity index is 1430. The summed E-state index contributed by atoms with van der Waals surface area (Å²) in [5, 5.41) is 0. The molecular weight excluding hydrogens is 420 g/mol. The third kappa shape index (κ3) is 2.38. The first-order chi connectivity index (χ1) is 15.7. The summed E-state index contributed by atoms with van der Waals surface area (Å²) < 4.78 is 6.02. The van der Waals surface area contributed by atoms with Crippen LogP contribution in [0.1, 0.15) is 21.7 Å². The summed E-state index contributed by atoms with van der Waals surface area (Å²) in [6.07, 6.45) is 0. The van der Waals surface area contributed by atoms with E-state index in [0.717, 1.165) is 27.1 Å². The zero-order valence-corrected chi connectivity index (χ0v) is 18.0. The van der Waals surface area contributed by atoms with Crippen LogP contribution < -0.4 is 0 Å². The quantitative estimate of drug-likeness (QED) is 0.427. The molecule has 0 bridgehead atoms. The molecule has 0 fully saturated rings. The van der Waals surface area contributed by atoms with E-state index in [2.05, 4.69) is 0 Å².